The van der Waals surface area contributed by atoms with Crippen molar-refractivity contribution in [3.63, 3.8) is 0 Å². The van der Waals surface area contributed by atoms with Crippen molar-refractivity contribution in [2.24, 2.45) is 0 Å². The van der Waals surface area contributed by atoms with Crippen LogP contribution in [0.1, 0.15) is 31.8 Å². The van der Waals surface area contributed by atoms with E-state index in [9.17, 15) is 9.59 Å². The Hall–Kier alpha value is -4.09. The number of hydrazine groups is 1. The van der Waals surface area contributed by atoms with E-state index in [0.717, 1.165) is 21.8 Å². The quantitative estimate of drug-likeness (QED) is 0.331. The summed E-state index contributed by atoms with van der Waals surface area (Å²) in [6.07, 6.45) is 0. The summed E-state index contributed by atoms with van der Waals surface area (Å²) in [6.45, 7) is 0. The first kappa shape index (κ1) is 20.2. The number of rotatable bonds is 5. The summed E-state index contributed by atoms with van der Waals surface area (Å²) in [5.41, 5.74) is 8.97. The Morgan fingerprint density at radius 2 is 1.52 bits per heavy atom. The normalized spacial score (nSPS) is 10.4. The molecule has 0 spiro atoms. The fourth-order valence-corrected chi connectivity index (χ4v) is 3.70. The van der Waals surface area contributed by atoms with Crippen LogP contribution < -0.4 is 10.9 Å². The van der Waals surface area contributed by atoms with E-state index in [0.29, 0.717) is 22.4 Å². The number of thioether (sulfide) groups is 1. The fourth-order valence-electron chi connectivity index (χ4n) is 2.86. The largest absolute Gasteiger partial charge is 0.333 e. The number of carbonyl (C=O) groups excluding carboxylic acids is 2. The standard InChI is InChI=1S/C23H17N5O2S/c24-13-15-5-9-17(10-6-15)21(29)27-28-22(30)18-11-7-16(8-12-18)14-31-23-25-19-3-1-2-4-20(19)26-23/h1-12H,14H2,(H,25,26)(H,27,29)(H,28,30). The van der Waals surface area contributed by atoms with E-state index in [-0.39, 0.29) is 0 Å². The zero-order chi connectivity index (χ0) is 21.6. The molecule has 0 unspecified atom stereocenters. The molecular weight excluding hydrogens is 410 g/mol. The number of amides is 2. The van der Waals surface area contributed by atoms with Gasteiger partial charge in [-0.05, 0) is 54.1 Å². The molecule has 31 heavy (non-hydrogen) atoms. The van der Waals surface area contributed by atoms with Crippen molar-refractivity contribution < 1.29 is 9.59 Å². The van der Waals surface area contributed by atoms with Crippen LogP contribution in [0, 0.1) is 11.3 Å². The van der Waals surface area contributed by atoms with E-state index in [4.69, 9.17) is 5.26 Å². The molecule has 0 bridgehead atoms. The second-order valence-electron chi connectivity index (χ2n) is 6.64. The number of hydrogen-bond donors (Lipinski definition) is 3. The molecule has 0 atom stereocenters. The molecule has 0 saturated heterocycles. The van der Waals surface area contributed by atoms with E-state index in [2.05, 4.69) is 20.8 Å². The van der Waals surface area contributed by atoms with Crippen molar-refractivity contribution in [3.8, 4) is 6.07 Å². The number of benzene rings is 3. The predicted octanol–water partition coefficient (Wildman–Crippen LogP) is 3.80. The van der Waals surface area contributed by atoms with Crippen LogP contribution >= 0.6 is 11.8 Å². The average molecular weight is 427 g/mol. The van der Waals surface area contributed by atoms with Crippen LogP contribution in [-0.2, 0) is 5.75 Å². The number of aromatic amines is 1. The number of nitrogens with one attached hydrogen (secondary N) is 3. The molecule has 0 saturated carbocycles. The van der Waals surface area contributed by atoms with E-state index in [1.165, 1.54) is 12.1 Å². The molecule has 0 aliphatic rings. The Bertz CT molecular complexity index is 1240. The lowest BCUT2D eigenvalue weighted by Crippen LogP contribution is -2.41. The second kappa shape index (κ2) is 9.15. The maximum Gasteiger partial charge on any atom is 0.269 e. The summed E-state index contributed by atoms with van der Waals surface area (Å²) in [4.78, 5) is 32.2. The highest BCUT2D eigenvalue weighted by molar-refractivity contribution is 7.98. The lowest BCUT2D eigenvalue weighted by atomic mass is 10.1. The second-order valence-corrected chi connectivity index (χ2v) is 7.61. The third kappa shape index (κ3) is 4.91. The van der Waals surface area contributed by atoms with Crippen molar-refractivity contribution in [3.05, 3.63) is 95.1 Å². The molecule has 0 radical (unpaired) electrons. The van der Waals surface area contributed by atoms with Crippen LogP contribution in [0.25, 0.3) is 11.0 Å². The van der Waals surface area contributed by atoms with Gasteiger partial charge in [0.1, 0.15) is 0 Å². The topological polar surface area (TPSA) is 111 Å². The summed E-state index contributed by atoms with van der Waals surface area (Å²) >= 11 is 1.58. The molecule has 4 rings (SSSR count). The molecule has 1 aromatic heterocycles. The maximum absolute atomic E-state index is 12.3. The van der Waals surface area contributed by atoms with Gasteiger partial charge in [-0.25, -0.2) is 4.98 Å². The van der Waals surface area contributed by atoms with E-state index < -0.39 is 11.8 Å². The molecule has 0 aliphatic carbocycles. The smallest absolute Gasteiger partial charge is 0.269 e. The number of imidazole rings is 1. The third-order valence-corrected chi connectivity index (χ3v) is 5.47. The lowest BCUT2D eigenvalue weighted by molar-refractivity contribution is 0.0846. The highest BCUT2D eigenvalue weighted by atomic mass is 32.2. The summed E-state index contributed by atoms with van der Waals surface area (Å²) in [5.74, 6) is -0.174. The Labute approximate surface area is 182 Å². The van der Waals surface area contributed by atoms with Gasteiger partial charge in [-0.3, -0.25) is 20.4 Å². The first-order valence-electron chi connectivity index (χ1n) is 9.40. The highest BCUT2D eigenvalue weighted by Gasteiger charge is 2.10. The van der Waals surface area contributed by atoms with Gasteiger partial charge in [0, 0.05) is 16.9 Å². The van der Waals surface area contributed by atoms with Gasteiger partial charge in [-0.2, -0.15) is 5.26 Å². The number of H-pyrrole nitrogens is 1. The van der Waals surface area contributed by atoms with Gasteiger partial charge in [-0.15, -0.1) is 0 Å². The summed E-state index contributed by atoms with van der Waals surface area (Å²) < 4.78 is 0. The monoisotopic (exact) mass is 427 g/mol. The predicted molar refractivity (Wildman–Crippen MR) is 118 cm³/mol. The Balaban J connectivity index is 1.30. The molecule has 7 nitrogen and oxygen atoms in total. The molecule has 4 aromatic rings. The molecule has 1 heterocycles. The van der Waals surface area contributed by atoms with Crippen molar-refractivity contribution in [2.75, 3.05) is 0 Å². The van der Waals surface area contributed by atoms with Crippen LogP contribution in [0.3, 0.4) is 0 Å². The van der Waals surface area contributed by atoms with E-state index in [1.807, 2.05) is 42.5 Å². The fraction of sp³-hybridized carbons (Fsp3) is 0.0435. The average Bonchev–Trinajstić information content (AvgIpc) is 3.24. The van der Waals surface area contributed by atoms with E-state index in [1.54, 1.807) is 36.0 Å². The van der Waals surface area contributed by atoms with Crippen LogP contribution in [0.15, 0.2) is 78.0 Å². The van der Waals surface area contributed by atoms with E-state index >= 15 is 0 Å². The van der Waals surface area contributed by atoms with Crippen LogP contribution in [0.5, 0.6) is 0 Å². The Morgan fingerprint density at radius 1 is 0.903 bits per heavy atom. The minimum absolute atomic E-state index is 0.345. The van der Waals surface area contributed by atoms with Crippen LogP contribution in [0.4, 0.5) is 0 Å². The number of fused-ring (bicyclic) bond motifs is 1. The number of hydrogen-bond acceptors (Lipinski definition) is 5. The molecule has 152 valence electrons. The number of para-hydroxylation sites is 2. The van der Waals surface area contributed by atoms with Gasteiger partial charge in [0.05, 0.1) is 22.7 Å². The minimum atomic E-state index is -0.461. The van der Waals surface area contributed by atoms with Crippen molar-refractivity contribution >= 4 is 34.6 Å². The Kier molecular flexibility index (Phi) is 5.96. The molecule has 3 N–H and O–H groups in total. The van der Waals surface area contributed by atoms with Gasteiger partial charge in [-0.1, -0.05) is 36.0 Å². The van der Waals surface area contributed by atoms with Gasteiger partial charge in [0.25, 0.3) is 11.8 Å². The third-order valence-electron chi connectivity index (χ3n) is 4.53. The van der Waals surface area contributed by atoms with Crippen molar-refractivity contribution in [2.45, 2.75) is 10.9 Å². The van der Waals surface area contributed by atoms with Crippen LogP contribution in [0.2, 0.25) is 0 Å². The van der Waals surface area contributed by atoms with Gasteiger partial charge < -0.3 is 4.98 Å². The molecule has 0 aliphatic heterocycles. The first-order valence-corrected chi connectivity index (χ1v) is 10.4. The van der Waals surface area contributed by atoms with Crippen molar-refractivity contribution in [1.82, 2.24) is 20.8 Å². The molecule has 0 fully saturated rings. The van der Waals surface area contributed by atoms with Gasteiger partial charge in [0.2, 0.25) is 0 Å². The minimum Gasteiger partial charge on any atom is -0.333 e. The van der Waals surface area contributed by atoms with Gasteiger partial charge >= 0.3 is 0 Å². The molecule has 8 heteroatoms. The summed E-state index contributed by atoms with van der Waals surface area (Å²) in [7, 11) is 0. The molecular formula is C23H17N5O2S. The summed E-state index contributed by atoms with van der Waals surface area (Å²) in [6, 6.07) is 23.1. The SMILES string of the molecule is N#Cc1ccc(C(=O)NNC(=O)c2ccc(CSc3nc4ccccc4[nH]3)cc2)cc1. The van der Waals surface area contributed by atoms with Gasteiger partial charge in [0.15, 0.2) is 5.16 Å². The number of nitrogens with zero attached hydrogens (tertiary/aromatic N) is 2. The number of nitriles is 1. The number of aromatic nitrogens is 2. The zero-order valence-corrected chi connectivity index (χ0v) is 17.1. The molecule has 3 aromatic carbocycles. The summed E-state index contributed by atoms with van der Waals surface area (Å²) in [5, 5.41) is 9.64. The van der Waals surface area contributed by atoms with Crippen molar-refractivity contribution in [1.29, 1.82) is 5.26 Å². The number of carbonyl (C=O) groups is 2. The maximum atomic E-state index is 12.3. The highest BCUT2D eigenvalue weighted by Crippen LogP contribution is 2.23. The lowest BCUT2D eigenvalue weighted by Gasteiger charge is -2.08. The molecule has 2 amide bonds. The zero-order valence-electron chi connectivity index (χ0n) is 16.3. The Morgan fingerprint density at radius 3 is 2.13 bits per heavy atom. The van der Waals surface area contributed by atoms with Crippen LogP contribution in [-0.4, -0.2) is 21.8 Å². The first-order chi connectivity index (χ1) is 15.1.